The Bertz CT molecular complexity index is 1240. The van der Waals surface area contributed by atoms with E-state index in [2.05, 4.69) is 74.6 Å². The van der Waals surface area contributed by atoms with Gasteiger partial charge in [-0.3, -0.25) is 4.79 Å². The molecule has 0 aliphatic carbocycles. The van der Waals surface area contributed by atoms with Crippen LogP contribution in [0.5, 0.6) is 0 Å². The molecule has 6 unspecified atom stereocenters. The van der Waals surface area contributed by atoms with E-state index in [4.69, 9.17) is 18.9 Å². The number of aliphatic hydroxyl groups excluding tert-OH is 4. The van der Waals surface area contributed by atoms with Crippen molar-refractivity contribution in [3.8, 4) is 0 Å². The summed E-state index contributed by atoms with van der Waals surface area (Å²) in [7, 11) is 0. The fourth-order valence-electron chi connectivity index (χ4n) is 8.76. The van der Waals surface area contributed by atoms with Gasteiger partial charge in [0.1, 0.15) is 30.5 Å². The van der Waals surface area contributed by atoms with Gasteiger partial charge in [-0.15, -0.1) is 0 Å². The van der Waals surface area contributed by atoms with Gasteiger partial charge in [0.25, 0.3) is 0 Å². The van der Waals surface area contributed by atoms with Gasteiger partial charge in [0.15, 0.2) is 6.29 Å². The summed E-state index contributed by atoms with van der Waals surface area (Å²) in [5.74, 6) is -0.315. The normalized spacial score (nSPS) is 19.4. The molecule has 1 heterocycles. The highest BCUT2D eigenvalue weighted by molar-refractivity contribution is 5.69. The van der Waals surface area contributed by atoms with Crippen molar-refractivity contribution in [3.63, 3.8) is 0 Å². The van der Waals surface area contributed by atoms with Crippen molar-refractivity contribution >= 4 is 5.97 Å². The van der Waals surface area contributed by atoms with Crippen molar-refractivity contribution in [1.29, 1.82) is 0 Å². The Morgan fingerprint density at radius 1 is 0.478 bits per heavy atom. The van der Waals surface area contributed by atoms with Crippen LogP contribution in [-0.4, -0.2) is 89.6 Å². The third-order valence-corrected chi connectivity index (χ3v) is 13.2. The zero-order valence-corrected chi connectivity index (χ0v) is 44.6. The van der Waals surface area contributed by atoms with Crippen molar-refractivity contribution in [2.75, 3.05) is 26.4 Å². The van der Waals surface area contributed by atoms with E-state index < -0.39 is 43.4 Å². The number of hydrogen-bond donors (Lipinski definition) is 4. The van der Waals surface area contributed by atoms with Gasteiger partial charge in [-0.05, 0) is 57.8 Å². The van der Waals surface area contributed by atoms with E-state index in [1.54, 1.807) is 0 Å². The van der Waals surface area contributed by atoms with Gasteiger partial charge < -0.3 is 39.4 Å². The predicted octanol–water partition coefficient (Wildman–Crippen LogP) is 15.0. The molecular weight excluding hydrogens is 865 g/mol. The molecular formula is C60H108O9. The van der Waals surface area contributed by atoms with E-state index in [-0.39, 0.29) is 19.2 Å². The lowest BCUT2D eigenvalue weighted by Gasteiger charge is -2.39. The maximum Gasteiger partial charge on any atom is 0.306 e. The SMILES string of the molecule is CC/C=C\C/C=C\C/C=C\C/C=C\C/C=C\CCCCCCCCOCC(COC1OC(CO)C(O)C(O)C1O)OC(=O)CCCCCCCCCCCCCCCCCCCCCCCCCC. The van der Waals surface area contributed by atoms with Gasteiger partial charge in [0.05, 0.1) is 19.8 Å². The molecule has 0 spiro atoms. The van der Waals surface area contributed by atoms with Gasteiger partial charge in [0.2, 0.25) is 0 Å². The molecule has 4 N–H and O–H groups in total. The summed E-state index contributed by atoms with van der Waals surface area (Å²) < 4.78 is 23.0. The molecule has 0 aromatic rings. The van der Waals surface area contributed by atoms with Crippen molar-refractivity contribution < 1.29 is 44.2 Å². The first-order valence-corrected chi connectivity index (χ1v) is 28.9. The molecule has 9 nitrogen and oxygen atoms in total. The van der Waals surface area contributed by atoms with E-state index in [9.17, 15) is 25.2 Å². The van der Waals surface area contributed by atoms with Crippen molar-refractivity contribution in [1.82, 2.24) is 0 Å². The molecule has 9 heteroatoms. The summed E-state index contributed by atoms with van der Waals surface area (Å²) in [5, 5.41) is 40.4. The molecule has 0 aromatic heterocycles. The lowest BCUT2D eigenvalue weighted by Crippen LogP contribution is -2.59. The zero-order valence-electron chi connectivity index (χ0n) is 44.6. The van der Waals surface area contributed by atoms with E-state index in [1.807, 2.05) is 0 Å². The molecule has 69 heavy (non-hydrogen) atoms. The first-order valence-electron chi connectivity index (χ1n) is 28.9. The van der Waals surface area contributed by atoms with Crippen LogP contribution in [0.4, 0.5) is 0 Å². The van der Waals surface area contributed by atoms with E-state index >= 15 is 0 Å². The average molecular weight is 974 g/mol. The summed E-state index contributed by atoms with van der Waals surface area (Å²) in [5.41, 5.74) is 0. The molecule has 6 atom stereocenters. The quantitative estimate of drug-likeness (QED) is 0.0267. The highest BCUT2D eigenvalue weighted by Gasteiger charge is 2.44. The first-order chi connectivity index (χ1) is 33.9. The number of ether oxygens (including phenoxy) is 4. The number of allylic oxidation sites excluding steroid dienone is 10. The number of rotatable bonds is 50. The van der Waals surface area contributed by atoms with Gasteiger partial charge in [0, 0.05) is 13.0 Å². The number of carbonyl (C=O) groups excluding carboxylic acids is 1. The minimum atomic E-state index is -1.54. The van der Waals surface area contributed by atoms with Crippen molar-refractivity contribution in [3.05, 3.63) is 60.8 Å². The van der Waals surface area contributed by atoms with Crippen LogP contribution in [0.2, 0.25) is 0 Å². The fraction of sp³-hybridized carbons (Fsp3) is 0.817. The van der Waals surface area contributed by atoms with E-state index in [0.29, 0.717) is 13.0 Å². The molecule has 0 aromatic carbocycles. The highest BCUT2D eigenvalue weighted by atomic mass is 16.7. The Balaban J connectivity index is 2.16. The Kier molecular flexibility index (Phi) is 47.8. The van der Waals surface area contributed by atoms with Crippen LogP contribution in [0, 0.1) is 0 Å². The molecule has 0 radical (unpaired) electrons. The molecule has 0 amide bonds. The lowest BCUT2D eigenvalue weighted by atomic mass is 9.99. The number of hydrogen-bond acceptors (Lipinski definition) is 9. The van der Waals surface area contributed by atoms with Gasteiger partial charge in [-0.25, -0.2) is 0 Å². The summed E-state index contributed by atoms with van der Waals surface area (Å²) in [6.45, 7) is 4.45. The van der Waals surface area contributed by atoms with E-state index in [1.165, 1.54) is 154 Å². The van der Waals surface area contributed by atoms with Gasteiger partial charge >= 0.3 is 5.97 Å². The van der Waals surface area contributed by atoms with Crippen molar-refractivity contribution in [2.45, 2.75) is 288 Å². The Morgan fingerprint density at radius 2 is 0.884 bits per heavy atom. The Morgan fingerprint density at radius 3 is 1.33 bits per heavy atom. The standard InChI is InChI=1S/C60H108O9/c1-3-5-7-9-11-13-15-17-19-21-23-25-27-28-29-31-33-35-37-39-41-43-45-47-49-56(62)68-54(53-67-60-59(65)58(64)57(63)55(51-61)69-60)52-66-50-48-46-44-42-40-38-36-34-32-30-26-24-22-20-18-16-14-12-10-8-6-4-2/h6,8,12,14,18,20,24,26,32,34,54-55,57-61,63-65H,3-5,7,9-11,13,15-17,19,21-23,25,27-31,33,35-53H2,1-2H3/b8-6-,14-12-,20-18-,26-24-,34-32-. The zero-order chi connectivity index (χ0) is 49.9. The molecule has 1 fully saturated rings. The Hall–Kier alpha value is -2.11. The predicted molar refractivity (Wildman–Crippen MR) is 288 cm³/mol. The molecule has 0 saturated carbocycles. The average Bonchev–Trinajstić information content (AvgIpc) is 3.35. The van der Waals surface area contributed by atoms with Crippen LogP contribution in [0.1, 0.15) is 251 Å². The second kappa shape index (κ2) is 50.8. The largest absolute Gasteiger partial charge is 0.457 e. The number of esters is 1. The van der Waals surface area contributed by atoms with Crippen LogP contribution < -0.4 is 0 Å². The lowest BCUT2D eigenvalue weighted by molar-refractivity contribution is -0.305. The summed E-state index contributed by atoms with van der Waals surface area (Å²) >= 11 is 0. The monoisotopic (exact) mass is 973 g/mol. The third-order valence-electron chi connectivity index (χ3n) is 13.2. The summed E-state index contributed by atoms with van der Waals surface area (Å²) in [6, 6.07) is 0. The van der Waals surface area contributed by atoms with Gasteiger partial charge in [-0.2, -0.15) is 0 Å². The number of unbranched alkanes of at least 4 members (excludes halogenated alkanes) is 29. The molecule has 1 aliphatic heterocycles. The molecule has 0 bridgehead atoms. The smallest absolute Gasteiger partial charge is 0.306 e. The molecule has 1 saturated heterocycles. The van der Waals surface area contributed by atoms with E-state index in [0.717, 1.165) is 77.0 Å². The van der Waals surface area contributed by atoms with Crippen LogP contribution in [0.15, 0.2) is 60.8 Å². The maximum absolute atomic E-state index is 12.9. The summed E-state index contributed by atoms with van der Waals surface area (Å²) in [6.07, 6.45) is 59.8. The van der Waals surface area contributed by atoms with Crippen LogP contribution in [0.3, 0.4) is 0 Å². The molecule has 1 rings (SSSR count). The summed E-state index contributed by atoms with van der Waals surface area (Å²) in [4.78, 5) is 12.9. The number of aliphatic hydroxyl groups is 4. The number of carbonyl (C=O) groups is 1. The topological polar surface area (TPSA) is 135 Å². The second-order valence-corrected chi connectivity index (χ2v) is 19.7. The second-order valence-electron chi connectivity index (χ2n) is 19.7. The fourth-order valence-corrected chi connectivity index (χ4v) is 8.76. The minimum absolute atomic E-state index is 0.119. The first kappa shape index (κ1) is 64.9. The Labute approximate surface area is 424 Å². The molecule has 1 aliphatic rings. The van der Waals surface area contributed by atoms with Crippen LogP contribution >= 0.6 is 0 Å². The van der Waals surface area contributed by atoms with Crippen molar-refractivity contribution in [2.24, 2.45) is 0 Å². The van der Waals surface area contributed by atoms with Crippen LogP contribution in [-0.2, 0) is 23.7 Å². The minimum Gasteiger partial charge on any atom is -0.457 e. The van der Waals surface area contributed by atoms with Gasteiger partial charge in [-0.1, -0.05) is 248 Å². The maximum atomic E-state index is 12.9. The molecule has 402 valence electrons. The van der Waals surface area contributed by atoms with Crippen LogP contribution in [0.25, 0.3) is 0 Å². The highest BCUT2D eigenvalue weighted by Crippen LogP contribution is 2.23. The third kappa shape index (κ3) is 41.1.